The van der Waals surface area contributed by atoms with Gasteiger partial charge in [-0.3, -0.25) is 0 Å². The number of nitrogens with zero attached hydrogens (tertiary/aromatic N) is 1. The topological polar surface area (TPSA) is 9.23 Å². The van der Waals surface area contributed by atoms with Gasteiger partial charge in [0.1, 0.15) is 5.75 Å². The Bertz CT molecular complexity index is 415. The van der Waals surface area contributed by atoms with Crippen molar-refractivity contribution in [2.75, 3.05) is 33.3 Å². The molecule has 1 aromatic rings. The Hall–Kier alpha value is -0.540. The molecular formula is C22H40BrNO. The van der Waals surface area contributed by atoms with Crippen molar-refractivity contribution in [1.82, 2.24) is 0 Å². The van der Waals surface area contributed by atoms with Crippen LogP contribution in [0.3, 0.4) is 0 Å². The van der Waals surface area contributed by atoms with Crippen LogP contribution >= 0.6 is 0 Å². The molecular weight excluding hydrogens is 374 g/mol. The summed E-state index contributed by atoms with van der Waals surface area (Å²) in [4.78, 5) is 0. The Kier molecular flexibility index (Phi) is 14.3. The molecule has 1 rings (SSSR count). The van der Waals surface area contributed by atoms with Gasteiger partial charge in [0.25, 0.3) is 0 Å². The molecule has 0 N–H and O–H groups in total. The van der Waals surface area contributed by atoms with Gasteiger partial charge in [0.2, 0.25) is 0 Å². The number of methoxy groups -OCH3 is 1. The van der Waals surface area contributed by atoms with E-state index in [2.05, 4.69) is 45.0 Å². The van der Waals surface area contributed by atoms with E-state index in [1.807, 2.05) is 0 Å². The van der Waals surface area contributed by atoms with E-state index in [9.17, 15) is 0 Å². The minimum Gasteiger partial charge on any atom is -1.00 e. The van der Waals surface area contributed by atoms with Gasteiger partial charge in [-0.25, -0.2) is 0 Å². The van der Waals surface area contributed by atoms with Crippen LogP contribution in [0.5, 0.6) is 5.75 Å². The van der Waals surface area contributed by atoms with Crippen molar-refractivity contribution in [3.05, 3.63) is 29.8 Å². The summed E-state index contributed by atoms with van der Waals surface area (Å²) in [5.74, 6) is 0.953. The van der Waals surface area contributed by atoms with Crippen LogP contribution in [0.25, 0.3) is 0 Å². The molecule has 0 spiro atoms. The van der Waals surface area contributed by atoms with Crippen molar-refractivity contribution in [3.63, 3.8) is 0 Å². The van der Waals surface area contributed by atoms with E-state index in [-0.39, 0.29) is 17.0 Å². The van der Waals surface area contributed by atoms with E-state index >= 15 is 0 Å². The van der Waals surface area contributed by atoms with Crippen LogP contribution in [0.1, 0.15) is 71.3 Å². The number of aryl methyl sites for hydroxylation is 1. The van der Waals surface area contributed by atoms with Crippen molar-refractivity contribution in [3.8, 4) is 5.75 Å². The predicted molar refractivity (Wildman–Crippen MR) is 106 cm³/mol. The maximum absolute atomic E-state index is 5.23. The first-order chi connectivity index (χ1) is 11.7. The average molecular weight is 414 g/mol. The van der Waals surface area contributed by atoms with Gasteiger partial charge in [-0.15, -0.1) is 0 Å². The third-order valence-electron chi connectivity index (χ3n) is 5.58. The quantitative estimate of drug-likeness (QED) is 0.336. The standard InChI is InChI=1S/C22H40NO.BrH/c1-5-8-9-10-12-19-23(6-2,7-3)20-13-11-14-21-15-17-22(24-4)18-16-21;/h15-18H,5-14,19-20H2,1-4H3;1H/q+1;/p-1. The number of ether oxygens (including phenoxy) is 1. The molecule has 1 aromatic carbocycles. The van der Waals surface area contributed by atoms with Crippen molar-refractivity contribution in [1.29, 1.82) is 0 Å². The monoisotopic (exact) mass is 413 g/mol. The summed E-state index contributed by atoms with van der Waals surface area (Å²) in [7, 11) is 1.73. The highest BCUT2D eigenvalue weighted by molar-refractivity contribution is 5.27. The predicted octanol–water partition coefficient (Wildman–Crippen LogP) is 2.85. The zero-order chi connectivity index (χ0) is 17.7. The van der Waals surface area contributed by atoms with Crippen molar-refractivity contribution < 1.29 is 26.2 Å². The Labute approximate surface area is 167 Å². The summed E-state index contributed by atoms with van der Waals surface area (Å²) in [5.41, 5.74) is 1.43. The molecule has 25 heavy (non-hydrogen) atoms. The van der Waals surface area contributed by atoms with Crippen LogP contribution < -0.4 is 21.7 Å². The molecule has 0 unspecified atom stereocenters. The third-order valence-corrected chi connectivity index (χ3v) is 5.58. The molecule has 0 radical (unpaired) electrons. The molecule has 0 aromatic heterocycles. The lowest BCUT2D eigenvalue weighted by Crippen LogP contribution is -3.00. The molecule has 0 aliphatic heterocycles. The number of hydrogen-bond acceptors (Lipinski definition) is 1. The first kappa shape index (κ1) is 24.5. The fourth-order valence-electron chi connectivity index (χ4n) is 3.59. The SMILES string of the molecule is CCCCCCC[N+](CC)(CC)CCCCc1ccc(OC)cc1.[Br-]. The van der Waals surface area contributed by atoms with Crippen LogP contribution in [0, 0.1) is 0 Å². The number of quaternary nitrogens is 1. The molecule has 0 bridgehead atoms. The largest absolute Gasteiger partial charge is 1.00 e. The second-order valence-corrected chi connectivity index (χ2v) is 7.14. The molecule has 0 atom stereocenters. The van der Waals surface area contributed by atoms with Crippen LogP contribution in [0.2, 0.25) is 0 Å². The van der Waals surface area contributed by atoms with E-state index in [0.717, 1.165) is 5.75 Å². The summed E-state index contributed by atoms with van der Waals surface area (Å²) < 4.78 is 6.54. The molecule has 146 valence electrons. The van der Waals surface area contributed by atoms with Crippen molar-refractivity contribution in [2.45, 2.75) is 72.1 Å². The molecule has 0 amide bonds. The lowest BCUT2D eigenvalue weighted by Gasteiger charge is -2.37. The summed E-state index contributed by atoms with van der Waals surface area (Å²) in [6.07, 6.45) is 10.8. The van der Waals surface area contributed by atoms with E-state index in [0.29, 0.717) is 0 Å². The van der Waals surface area contributed by atoms with Gasteiger partial charge in [0, 0.05) is 0 Å². The minimum atomic E-state index is 0. The maximum Gasteiger partial charge on any atom is 0.118 e. The molecule has 0 heterocycles. The highest BCUT2D eigenvalue weighted by Crippen LogP contribution is 2.16. The lowest BCUT2D eigenvalue weighted by molar-refractivity contribution is -0.925. The Balaban J connectivity index is 0.00000576. The third kappa shape index (κ3) is 9.65. The molecule has 0 saturated heterocycles. The molecule has 0 aliphatic carbocycles. The first-order valence-electron chi connectivity index (χ1n) is 10.2. The van der Waals surface area contributed by atoms with Crippen LogP contribution in [0.4, 0.5) is 0 Å². The van der Waals surface area contributed by atoms with Crippen LogP contribution in [-0.2, 0) is 6.42 Å². The second-order valence-electron chi connectivity index (χ2n) is 7.14. The zero-order valence-corrected chi connectivity index (χ0v) is 18.6. The van der Waals surface area contributed by atoms with E-state index in [1.165, 1.54) is 87.6 Å². The Morgan fingerprint density at radius 1 is 0.760 bits per heavy atom. The zero-order valence-electron chi connectivity index (χ0n) is 17.0. The maximum atomic E-state index is 5.23. The molecule has 0 fully saturated rings. The molecule has 3 heteroatoms. The van der Waals surface area contributed by atoms with E-state index in [1.54, 1.807) is 7.11 Å². The number of halogens is 1. The fraction of sp³-hybridized carbons (Fsp3) is 0.727. The second kappa shape index (κ2) is 14.6. The normalized spacial score (nSPS) is 11.2. The van der Waals surface area contributed by atoms with Crippen LogP contribution in [-0.4, -0.2) is 37.8 Å². The van der Waals surface area contributed by atoms with Gasteiger partial charge in [0.15, 0.2) is 0 Å². The fourth-order valence-corrected chi connectivity index (χ4v) is 3.59. The number of rotatable bonds is 14. The van der Waals surface area contributed by atoms with Crippen molar-refractivity contribution in [2.24, 2.45) is 0 Å². The van der Waals surface area contributed by atoms with Gasteiger partial charge in [-0.2, -0.15) is 0 Å². The van der Waals surface area contributed by atoms with Crippen LogP contribution in [0.15, 0.2) is 24.3 Å². The highest BCUT2D eigenvalue weighted by atomic mass is 79.9. The molecule has 2 nitrogen and oxygen atoms in total. The Morgan fingerprint density at radius 3 is 1.84 bits per heavy atom. The summed E-state index contributed by atoms with van der Waals surface area (Å²) >= 11 is 0. The van der Waals surface area contributed by atoms with E-state index in [4.69, 9.17) is 4.74 Å². The number of hydrogen-bond donors (Lipinski definition) is 0. The minimum absolute atomic E-state index is 0. The Morgan fingerprint density at radius 2 is 1.32 bits per heavy atom. The summed E-state index contributed by atoms with van der Waals surface area (Å²) in [6, 6.07) is 8.55. The molecule has 0 saturated carbocycles. The lowest BCUT2D eigenvalue weighted by atomic mass is 10.1. The average Bonchev–Trinajstić information content (AvgIpc) is 2.64. The van der Waals surface area contributed by atoms with Gasteiger partial charge in [-0.05, 0) is 63.6 Å². The van der Waals surface area contributed by atoms with Gasteiger partial charge in [0.05, 0.1) is 33.3 Å². The van der Waals surface area contributed by atoms with Gasteiger partial charge < -0.3 is 26.2 Å². The van der Waals surface area contributed by atoms with E-state index < -0.39 is 0 Å². The number of unbranched alkanes of at least 4 members (excludes halogenated alkanes) is 5. The molecule has 0 aliphatic rings. The summed E-state index contributed by atoms with van der Waals surface area (Å²) in [6.45, 7) is 12.3. The summed E-state index contributed by atoms with van der Waals surface area (Å²) in [5, 5.41) is 0. The van der Waals surface area contributed by atoms with Gasteiger partial charge >= 0.3 is 0 Å². The highest BCUT2D eigenvalue weighted by Gasteiger charge is 2.21. The van der Waals surface area contributed by atoms with Gasteiger partial charge in [-0.1, -0.05) is 38.3 Å². The number of benzene rings is 1. The smallest absolute Gasteiger partial charge is 0.118 e. The first-order valence-corrected chi connectivity index (χ1v) is 10.2. The van der Waals surface area contributed by atoms with Crippen molar-refractivity contribution >= 4 is 0 Å².